The molecule has 1 aromatic heterocycles. The number of carbonyl (C=O) groups is 2. The van der Waals surface area contributed by atoms with Crippen molar-refractivity contribution in [1.82, 2.24) is 20.6 Å². The highest BCUT2D eigenvalue weighted by Gasteiger charge is 2.49. The third kappa shape index (κ3) is 5.02. The number of nitrogens with zero attached hydrogens (tertiary/aromatic N) is 4. The van der Waals surface area contributed by atoms with Gasteiger partial charge in [-0.15, -0.1) is 0 Å². The van der Waals surface area contributed by atoms with Crippen molar-refractivity contribution in [2.75, 3.05) is 48.9 Å². The number of alkyl halides is 2. The molecule has 1 saturated heterocycles. The van der Waals surface area contributed by atoms with Crippen molar-refractivity contribution in [3.63, 3.8) is 0 Å². The molecule has 3 N–H and O–H groups in total. The Morgan fingerprint density at radius 2 is 1.97 bits per heavy atom. The van der Waals surface area contributed by atoms with Gasteiger partial charge in [-0.3, -0.25) is 9.59 Å². The number of anilines is 4. The second kappa shape index (κ2) is 10.1. The number of benzene rings is 1. The van der Waals surface area contributed by atoms with Gasteiger partial charge in [0.2, 0.25) is 5.95 Å². The van der Waals surface area contributed by atoms with Crippen LogP contribution in [0.4, 0.5) is 31.9 Å². The molecule has 37 heavy (non-hydrogen) atoms. The van der Waals surface area contributed by atoms with E-state index in [2.05, 4.69) is 25.9 Å². The lowest BCUT2D eigenvalue weighted by Crippen LogP contribution is -2.50. The average Bonchev–Trinajstić information content (AvgIpc) is 2.93. The summed E-state index contributed by atoms with van der Waals surface area (Å²) in [5, 5.41) is 9.41. The van der Waals surface area contributed by atoms with Crippen LogP contribution in [0.2, 0.25) is 0 Å². The highest BCUT2D eigenvalue weighted by atomic mass is 19.3. The van der Waals surface area contributed by atoms with E-state index in [9.17, 15) is 18.4 Å². The van der Waals surface area contributed by atoms with Gasteiger partial charge in [-0.25, -0.2) is 4.98 Å². The molecule has 0 unspecified atom stereocenters. The first kappa shape index (κ1) is 25.1. The van der Waals surface area contributed by atoms with E-state index in [4.69, 9.17) is 4.74 Å². The van der Waals surface area contributed by atoms with Crippen LogP contribution >= 0.6 is 0 Å². The van der Waals surface area contributed by atoms with Crippen LogP contribution in [0.5, 0.6) is 5.75 Å². The number of piperidine rings is 1. The molecule has 0 spiro atoms. The molecule has 2 aromatic rings. The van der Waals surface area contributed by atoms with E-state index >= 15 is 0 Å². The number of hydrogen-bond acceptors (Lipinski definition) is 8. The van der Waals surface area contributed by atoms with Gasteiger partial charge in [0, 0.05) is 24.7 Å². The van der Waals surface area contributed by atoms with Crippen LogP contribution in [0.25, 0.3) is 0 Å². The Hall–Kier alpha value is -3.54. The Bertz CT molecular complexity index is 1180. The molecule has 1 aliphatic carbocycles. The second-order valence-corrected chi connectivity index (χ2v) is 9.72. The highest BCUT2D eigenvalue weighted by Crippen LogP contribution is 2.40. The van der Waals surface area contributed by atoms with Crippen molar-refractivity contribution >= 4 is 35.0 Å². The number of aromatic nitrogens is 2. The van der Waals surface area contributed by atoms with Crippen LogP contribution in [-0.2, 0) is 4.79 Å². The quantitative estimate of drug-likeness (QED) is 0.539. The summed E-state index contributed by atoms with van der Waals surface area (Å²) in [5.74, 6) is -4.13. The van der Waals surface area contributed by atoms with Gasteiger partial charge in [0.25, 0.3) is 11.8 Å². The second-order valence-electron chi connectivity index (χ2n) is 9.72. The van der Waals surface area contributed by atoms with Gasteiger partial charge < -0.3 is 30.5 Å². The number of carbonyl (C=O) groups excluding carboxylic acids is 2. The fraction of sp³-hybridized carbons (Fsp3) is 0.520. The zero-order valence-corrected chi connectivity index (χ0v) is 20.9. The Balaban J connectivity index is 1.40. The number of halogens is 2. The van der Waals surface area contributed by atoms with Gasteiger partial charge in [0.05, 0.1) is 25.5 Å². The first-order chi connectivity index (χ1) is 17.8. The zero-order chi connectivity index (χ0) is 26.2. The van der Waals surface area contributed by atoms with E-state index in [0.717, 1.165) is 50.1 Å². The standard InChI is InChI=1S/C25H31F2N7O3/c1-33-19-13-29-24(32-21(19)34(17-4-3-5-17)14-25(26,27)23(33)36)31-18-7-6-15(12-20(18)37-2)22(35)30-16-8-10-28-11-9-16/h6-7,12-13,16-17,28H,3-5,8-11,14H2,1-2H3,(H,30,35)(H,29,31,32). The maximum atomic E-state index is 14.7. The number of rotatable bonds is 6. The Morgan fingerprint density at radius 1 is 1.22 bits per heavy atom. The van der Waals surface area contributed by atoms with Crippen molar-refractivity contribution in [1.29, 1.82) is 0 Å². The number of fused-ring (bicyclic) bond motifs is 1. The number of methoxy groups -OCH3 is 1. The summed E-state index contributed by atoms with van der Waals surface area (Å²) < 4.78 is 34.9. The van der Waals surface area contributed by atoms with Gasteiger partial charge in [-0.2, -0.15) is 13.8 Å². The third-order valence-corrected chi connectivity index (χ3v) is 7.27. The number of hydrogen-bond donors (Lipinski definition) is 3. The minimum absolute atomic E-state index is 0.112. The van der Waals surface area contributed by atoms with Gasteiger partial charge in [-0.1, -0.05) is 0 Å². The third-order valence-electron chi connectivity index (χ3n) is 7.27. The van der Waals surface area contributed by atoms with Gasteiger partial charge in [0.1, 0.15) is 11.4 Å². The van der Waals surface area contributed by atoms with Crippen molar-refractivity contribution in [3.8, 4) is 5.75 Å². The molecular formula is C25H31F2N7O3. The van der Waals surface area contributed by atoms with Gasteiger partial charge in [-0.05, 0) is 63.4 Å². The van der Waals surface area contributed by atoms with Crippen LogP contribution in [0.1, 0.15) is 42.5 Å². The number of amides is 2. The molecule has 12 heteroatoms. The molecule has 2 fully saturated rings. The van der Waals surface area contributed by atoms with E-state index in [0.29, 0.717) is 17.0 Å². The fourth-order valence-corrected chi connectivity index (χ4v) is 4.88. The van der Waals surface area contributed by atoms with E-state index in [1.807, 2.05) is 0 Å². The highest BCUT2D eigenvalue weighted by molar-refractivity contribution is 6.02. The smallest absolute Gasteiger partial charge is 0.342 e. The first-order valence-electron chi connectivity index (χ1n) is 12.5. The summed E-state index contributed by atoms with van der Waals surface area (Å²) >= 11 is 0. The fourth-order valence-electron chi connectivity index (χ4n) is 4.88. The monoisotopic (exact) mass is 515 g/mol. The SMILES string of the molecule is COc1cc(C(=O)NC2CCNCC2)ccc1Nc1ncc2c(n1)N(C1CCC1)CC(F)(F)C(=O)N2C. The molecule has 0 atom stereocenters. The summed E-state index contributed by atoms with van der Waals surface area (Å²) in [6.07, 6.45) is 5.59. The minimum atomic E-state index is -3.54. The molecule has 2 amide bonds. The maximum absolute atomic E-state index is 14.7. The van der Waals surface area contributed by atoms with Gasteiger partial charge >= 0.3 is 5.92 Å². The van der Waals surface area contributed by atoms with Crippen LogP contribution < -0.4 is 30.5 Å². The molecule has 0 radical (unpaired) electrons. The van der Waals surface area contributed by atoms with E-state index in [1.54, 1.807) is 18.2 Å². The Morgan fingerprint density at radius 3 is 2.65 bits per heavy atom. The van der Waals surface area contributed by atoms with E-state index < -0.39 is 18.4 Å². The molecule has 198 valence electrons. The zero-order valence-electron chi connectivity index (χ0n) is 20.9. The average molecular weight is 516 g/mol. The molecule has 2 aliphatic heterocycles. The predicted octanol–water partition coefficient (Wildman–Crippen LogP) is 2.68. The molecule has 0 bridgehead atoms. The Kier molecular flexibility index (Phi) is 6.84. The molecule has 5 rings (SSSR count). The van der Waals surface area contributed by atoms with E-state index in [1.165, 1.54) is 25.3 Å². The lowest BCUT2D eigenvalue weighted by molar-refractivity contribution is -0.140. The van der Waals surface area contributed by atoms with Crippen molar-refractivity contribution in [2.45, 2.75) is 50.1 Å². The first-order valence-corrected chi connectivity index (χ1v) is 12.5. The summed E-state index contributed by atoms with van der Waals surface area (Å²) in [6.45, 7) is 1.02. The van der Waals surface area contributed by atoms with Gasteiger partial charge in [0.15, 0.2) is 5.82 Å². The summed E-state index contributed by atoms with van der Waals surface area (Å²) in [4.78, 5) is 36.4. The van der Waals surface area contributed by atoms with Crippen LogP contribution in [0, 0.1) is 0 Å². The number of nitrogens with one attached hydrogen (secondary N) is 3. The molecular weight excluding hydrogens is 484 g/mol. The molecule has 1 aromatic carbocycles. The largest absolute Gasteiger partial charge is 0.495 e. The van der Waals surface area contributed by atoms with E-state index in [-0.39, 0.29) is 35.4 Å². The molecule has 3 heterocycles. The van der Waals surface area contributed by atoms with Crippen LogP contribution in [0.15, 0.2) is 24.4 Å². The summed E-state index contributed by atoms with van der Waals surface area (Å²) in [6, 6.07) is 5.02. The van der Waals surface area contributed by atoms with Crippen molar-refractivity contribution in [3.05, 3.63) is 30.0 Å². The number of ether oxygens (including phenoxy) is 1. The predicted molar refractivity (Wildman–Crippen MR) is 135 cm³/mol. The van der Waals surface area contributed by atoms with Crippen molar-refractivity contribution < 1.29 is 23.1 Å². The van der Waals surface area contributed by atoms with Crippen molar-refractivity contribution in [2.24, 2.45) is 0 Å². The topological polar surface area (TPSA) is 112 Å². The normalized spacial score (nSPS) is 20.1. The lowest BCUT2D eigenvalue weighted by Gasteiger charge is -2.38. The summed E-state index contributed by atoms with van der Waals surface area (Å²) in [7, 11) is 2.81. The Labute approximate surface area is 213 Å². The maximum Gasteiger partial charge on any atom is 0.342 e. The minimum Gasteiger partial charge on any atom is -0.495 e. The lowest BCUT2D eigenvalue weighted by atomic mass is 9.91. The molecule has 10 nitrogen and oxygen atoms in total. The molecule has 3 aliphatic rings. The molecule has 1 saturated carbocycles. The van der Waals surface area contributed by atoms with Crippen LogP contribution in [-0.4, -0.2) is 73.6 Å². The summed E-state index contributed by atoms with van der Waals surface area (Å²) in [5.41, 5.74) is 1.21. The van der Waals surface area contributed by atoms with Crippen LogP contribution in [0.3, 0.4) is 0 Å².